The van der Waals surface area contributed by atoms with Crippen LogP contribution in [0.4, 0.5) is 5.00 Å². The van der Waals surface area contributed by atoms with Gasteiger partial charge < -0.3 is 9.47 Å². The molecule has 1 aromatic carbocycles. The van der Waals surface area contributed by atoms with Crippen LogP contribution in [0.2, 0.25) is 0 Å². The fraction of sp³-hybridized carbons (Fsp3) is 0.538. The maximum Gasteiger partial charge on any atom is 0.161 e. The highest BCUT2D eigenvalue weighted by atomic mass is 32.1. The largest absolute Gasteiger partial charge is 0.490 e. The number of benzene rings is 1. The molecule has 0 saturated heterocycles. The molecule has 0 spiro atoms. The minimum Gasteiger partial charge on any atom is -0.490 e. The lowest BCUT2D eigenvalue weighted by Crippen LogP contribution is -2.26. The number of rotatable bonds is 7. The first kappa shape index (κ1) is 23.3. The van der Waals surface area contributed by atoms with Crippen molar-refractivity contribution in [3.63, 3.8) is 0 Å². The second kappa shape index (κ2) is 9.87. The third-order valence-corrected chi connectivity index (χ3v) is 7.25. The summed E-state index contributed by atoms with van der Waals surface area (Å²) in [5.41, 5.74) is 3.19. The molecular weight excluding hydrogens is 404 g/mol. The fourth-order valence-electron chi connectivity index (χ4n) is 3.92. The van der Waals surface area contributed by atoms with Gasteiger partial charge in [0.2, 0.25) is 0 Å². The molecule has 0 saturated carbocycles. The summed E-state index contributed by atoms with van der Waals surface area (Å²) in [5, 5.41) is 10.6. The van der Waals surface area contributed by atoms with Crippen molar-refractivity contribution in [2.24, 2.45) is 16.3 Å². The molecule has 31 heavy (non-hydrogen) atoms. The number of nitriles is 1. The van der Waals surface area contributed by atoms with Crippen molar-refractivity contribution in [2.75, 3.05) is 6.61 Å². The third-order valence-electron chi connectivity index (χ3n) is 6.08. The zero-order valence-corrected chi connectivity index (χ0v) is 20.4. The van der Waals surface area contributed by atoms with E-state index in [1.54, 1.807) is 11.3 Å². The molecule has 0 unspecified atom stereocenters. The SMILES string of the molecule is CCOc1cc(C=Nc2sc3c(c2C#N)CC[C@H](C(C)(C)C)C3)ccc1O[C@H](C)CC. The zero-order chi connectivity index (χ0) is 22.6. The smallest absolute Gasteiger partial charge is 0.161 e. The van der Waals surface area contributed by atoms with Gasteiger partial charge in [0.1, 0.15) is 11.1 Å². The molecular formula is C26H34N2O2S. The summed E-state index contributed by atoms with van der Waals surface area (Å²) in [6, 6.07) is 8.30. The molecule has 0 fully saturated rings. The van der Waals surface area contributed by atoms with Gasteiger partial charge in [-0.3, -0.25) is 0 Å². The van der Waals surface area contributed by atoms with Crippen LogP contribution in [0.1, 0.15) is 76.0 Å². The van der Waals surface area contributed by atoms with Crippen LogP contribution in [0.3, 0.4) is 0 Å². The van der Waals surface area contributed by atoms with Gasteiger partial charge in [-0.25, -0.2) is 4.99 Å². The van der Waals surface area contributed by atoms with E-state index in [1.807, 2.05) is 31.3 Å². The van der Waals surface area contributed by atoms with Gasteiger partial charge in [0.15, 0.2) is 11.5 Å². The standard InChI is InChI=1S/C26H34N2O2S/c1-7-17(3)30-22-12-9-18(13-23(22)29-8-2)16-28-25-21(15-27)20-11-10-19(26(4,5)6)14-24(20)31-25/h9,12-13,16-17,19H,7-8,10-11,14H2,1-6H3/t17-,19+/m1/s1. The van der Waals surface area contributed by atoms with Crippen LogP contribution in [-0.4, -0.2) is 18.9 Å². The molecule has 0 aliphatic heterocycles. The maximum absolute atomic E-state index is 9.79. The van der Waals surface area contributed by atoms with E-state index in [9.17, 15) is 5.26 Å². The van der Waals surface area contributed by atoms with Crippen molar-refractivity contribution >= 4 is 22.6 Å². The lowest BCUT2D eigenvalue weighted by molar-refractivity contribution is 0.203. The molecule has 1 aliphatic carbocycles. The molecule has 0 N–H and O–H groups in total. The molecule has 1 aromatic heterocycles. The Morgan fingerprint density at radius 1 is 1.29 bits per heavy atom. The lowest BCUT2D eigenvalue weighted by Gasteiger charge is -2.33. The average Bonchev–Trinajstić information content (AvgIpc) is 3.10. The monoisotopic (exact) mass is 438 g/mol. The Bertz CT molecular complexity index is 979. The number of hydrogen-bond acceptors (Lipinski definition) is 5. The lowest BCUT2D eigenvalue weighted by atomic mass is 9.72. The Morgan fingerprint density at radius 2 is 2.06 bits per heavy atom. The highest BCUT2D eigenvalue weighted by molar-refractivity contribution is 7.16. The molecule has 0 radical (unpaired) electrons. The number of hydrogen-bond donors (Lipinski definition) is 0. The van der Waals surface area contributed by atoms with Gasteiger partial charge >= 0.3 is 0 Å². The van der Waals surface area contributed by atoms with Gasteiger partial charge in [-0.1, -0.05) is 27.7 Å². The Hall–Kier alpha value is -2.32. The van der Waals surface area contributed by atoms with Crippen LogP contribution < -0.4 is 9.47 Å². The molecule has 2 aromatic rings. The highest BCUT2D eigenvalue weighted by Crippen LogP contribution is 2.45. The summed E-state index contributed by atoms with van der Waals surface area (Å²) in [6.45, 7) is 13.6. The van der Waals surface area contributed by atoms with E-state index in [1.165, 1.54) is 10.4 Å². The molecule has 2 atom stereocenters. The predicted octanol–water partition coefficient (Wildman–Crippen LogP) is 7.10. The summed E-state index contributed by atoms with van der Waals surface area (Å²) < 4.78 is 11.8. The number of thiophene rings is 1. The van der Waals surface area contributed by atoms with Gasteiger partial charge in [0, 0.05) is 11.1 Å². The molecule has 166 valence electrons. The first-order valence-corrected chi connectivity index (χ1v) is 12.1. The molecule has 3 rings (SSSR count). The van der Waals surface area contributed by atoms with E-state index in [0.29, 0.717) is 12.5 Å². The van der Waals surface area contributed by atoms with Gasteiger partial charge in [-0.15, -0.1) is 11.3 Å². The van der Waals surface area contributed by atoms with E-state index >= 15 is 0 Å². The van der Waals surface area contributed by atoms with Crippen molar-refractivity contribution in [3.8, 4) is 17.6 Å². The van der Waals surface area contributed by atoms with Crippen LogP contribution in [0.15, 0.2) is 23.2 Å². The minimum atomic E-state index is 0.131. The first-order chi connectivity index (χ1) is 14.8. The summed E-state index contributed by atoms with van der Waals surface area (Å²) in [4.78, 5) is 6.06. The number of fused-ring (bicyclic) bond motifs is 1. The summed E-state index contributed by atoms with van der Waals surface area (Å²) in [6.07, 6.45) is 6.05. The van der Waals surface area contributed by atoms with Crippen LogP contribution in [0.25, 0.3) is 0 Å². The van der Waals surface area contributed by atoms with Crippen LogP contribution in [0, 0.1) is 22.7 Å². The molecule has 0 bridgehead atoms. The van der Waals surface area contributed by atoms with E-state index in [0.717, 1.165) is 53.3 Å². The average molecular weight is 439 g/mol. The van der Waals surface area contributed by atoms with E-state index in [-0.39, 0.29) is 11.5 Å². The molecule has 5 heteroatoms. The van der Waals surface area contributed by atoms with E-state index < -0.39 is 0 Å². The van der Waals surface area contributed by atoms with E-state index in [2.05, 4.69) is 40.7 Å². The fourth-order valence-corrected chi connectivity index (χ4v) is 5.14. The molecule has 0 amide bonds. The van der Waals surface area contributed by atoms with Crippen molar-refractivity contribution in [3.05, 3.63) is 39.8 Å². The predicted molar refractivity (Wildman–Crippen MR) is 129 cm³/mol. The van der Waals surface area contributed by atoms with Crippen LogP contribution >= 0.6 is 11.3 Å². The van der Waals surface area contributed by atoms with Crippen molar-refractivity contribution in [1.29, 1.82) is 5.26 Å². The topological polar surface area (TPSA) is 54.6 Å². The van der Waals surface area contributed by atoms with Gasteiger partial charge in [0.05, 0.1) is 18.3 Å². The van der Waals surface area contributed by atoms with Crippen molar-refractivity contribution in [1.82, 2.24) is 0 Å². The quantitative estimate of drug-likeness (QED) is 0.433. The summed E-state index contributed by atoms with van der Waals surface area (Å²) in [5.74, 6) is 2.13. The van der Waals surface area contributed by atoms with Crippen molar-refractivity contribution < 1.29 is 9.47 Å². The Labute approximate surface area is 190 Å². The zero-order valence-electron chi connectivity index (χ0n) is 19.6. The second-order valence-corrected chi connectivity index (χ2v) is 10.4. The number of aliphatic imine (C=N–C) groups is 1. The van der Waals surface area contributed by atoms with E-state index in [4.69, 9.17) is 14.5 Å². The maximum atomic E-state index is 9.79. The van der Waals surface area contributed by atoms with Crippen molar-refractivity contribution in [2.45, 2.75) is 73.3 Å². The van der Waals surface area contributed by atoms with Crippen LogP contribution in [0.5, 0.6) is 11.5 Å². The summed E-state index contributed by atoms with van der Waals surface area (Å²) in [7, 11) is 0. The van der Waals surface area contributed by atoms with Crippen LogP contribution in [-0.2, 0) is 12.8 Å². The number of nitrogens with zero attached hydrogens (tertiary/aromatic N) is 2. The van der Waals surface area contributed by atoms with Gasteiger partial charge in [-0.2, -0.15) is 5.26 Å². The Balaban J connectivity index is 1.86. The second-order valence-electron chi connectivity index (χ2n) is 9.34. The molecule has 1 heterocycles. The normalized spacial score (nSPS) is 17.3. The minimum absolute atomic E-state index is 0.131. The Morgan fingerprint density at radius 3 is 2.71 bits per heavy atom. The van der Waals surface area contributed by atoms with Gasteiger partial charge in [-0.05, 0) is 80.2 Å². The first-order valence-electron chi connectivity index (χ1n) is 11.3. The summed E-state index contributed by atoms with van der Waals surface area (Å²) >= 11 is 1.68. The van der Waals surface area contributed by atoms with Gasteiger partial charge in [0.25, 0.3) is 0 Å². The molecule has 1 aliphatic rings. The Kier molecular flexibility index (Phi) is 7.43. The third kappa shape index (κ3) is 5.49. The molecule has 4 nitrogen and oxygen atoms in total. The number of ether oxygens (including phenoxy) is 2. The highest BCUT2D eigenvalue weighted by Gasteiger charge is 2.32.